The SMILES string of the molecule is CCc1cccc(NC(=O)CSc2ccc(N3CCC[C@H](C(=O)NC4CC4)C3)nn2)c1. The highest BCUT2D eigenvalue weighted by molar-refractivity contribution is 7.99. The maximum absolute atomic E-state index is 12.4. The zero-order chi connectivity index (χ0) is 21.6. The van der Waals surface area contributed by atoms with Crippen LogP contribution in [0.1, 0.15) is 38.2 Å². The normalized spacial score (nSPS) is 18.5. The van der Waals surface area contributed by atoms with Crippen molar-refractivity contribution in [1.82, 2.24) is 15.5 Å². The second-order valence-electron chi connectivity index (χ2n) is 8.19. The van der Waals surface area contributed by atoms with Crippen LogP contribution in [0.25, 0.3) is 0 Å². The van der Waals surface area contributed by atoms with Gasteiger partial charge in [0, 0.05) is 24.8 Å². The number of aromatic nitrogens is 2. The van der Waals surface area contributed by atoms with E-state index in [0.717, 1.165) is 50.2 Å². The molecule has 31 heavy (non-hydrogen) atoms. The minimum Gasteiger partial charge on any atom is -0.354 e. The van der Waals surface area contributed by atoms with Gasteiger partial charge < -0.3 is 15.5 Å². The maximum Gasteiger partial charge on any atom is 0.234 e. The summed E-state index contributed by atoms with van der Waals surface area (Å²) in [6.07, 6.45) is 5.04. The van der Waals surface area contributed by atoms with Gasteiger partial charge in [0.25, 0.3) is 0 Å². The molecular weight excluding hydrogens is 410 g/mol. The highest BCUT2D eigenvalue weighted by Gasteiger charge is 2.30. The number of carbonyl (C=O) groups is 2. The predicted octanol–water partition coefficient (Wildman–Crippen LogP) is 3.26. The number of aryl methyl sites for hydroxylation is 1. The second kappa shape index (κ2) is 10.1. The van der Waals surface area contributed by atoms with Gasteiger partial charge in [-0.25, -0.2) is 0 Å². The molecule has 7 nitrogen and oxygen atoms in total. The van der Waals surface area contributed by atoms with Crippen molar-refractivity contribution >= 4 is 35.1 Å². The molecule has 164 valence electrons. The van der Waals surface area contributed by atoms with E-state index in [-0.39, 0.29) is 23.5 Å². The summed E-state index contributed by atoms with van der Waals surface area (Å²) in [5.74, 6) is 1.18. The molecule has 1 aromatic heterocycles. The Balaban J connectivity index is 1.26. The molecule has 2 amide bonds. The molecule has 2 aliphatic rings. The Morgan fingerprint density at radius 3 is 2.77 bits per heavy atom. The number of rotatable bonds is 8. The van der Waals surface area contributed by atoms with Gasteiger partial charge in [-0.2, -0.15) is 0 Å². The molecule has 1 aromatic carbocycles. The fraction of sp³-hybridized carbons (Fsp3) is 0.478. The summed E-state index contributed by atoms with van der Waals surface area (Å²) in [5, 5.41) is 15.4. The lowest BCUT2D eigenvalue weighted by molar-refractivity contribution is -0.125. The smallest absolute Gasteiger partial charge is 0.234 e. The minimum absolute atomic E-state index is 0.0140. The maximum atomic E-state index is 12.4. The standard InChI is InChI=1S/C23H29N5O2S/c1-2-16-5-3-7-19(13-16)24-21(29)15-31-22-11-10-20(26-27-22)28-12-4-6-17(14-28)23(30)25-18-8-9-18/h3,5,7,10-11,13,17-18H,2,4,6,8-9,12,14-15H2,1H3,(H,24,29)(H,25,30)/t17-/m0/s1. The Hall–Kier alpha value is -2.61. The third kappa shape index (κ3) is 6.19. The Morgan fingerprint density at radius 1 is 1.16 bits per heavy atom. The van der Waals surface area contributed by atoms with E-state index in [0.29, 0.717) is 17.6 Å². The number of hydrogen-bond acceptors (Lipinski definition) is 6. The van der Waals surface area contributed by atoms with Crippen LogP contribution in [0.5, 0.6) is 0 Å². The van der Waals surface area contributed by atoms with Crippen LogP contribution in [-0.2, 0) is 16.0 Å². The van der Waals surface area contributed by atoms with E-state index in [4.69, 9.17) is 0 Å². The summed E-state index contributed by atoms with van der Waals surface area (Å²) in [6.45, 7) is 3.65. The van der Waals surface area contributed by atoms with Crippen molar-refractivity contribution in [3.8, 4) is 0 Å². The number of amides is 2. The van der Waals surface area contributed by atoms with Crippen molar-refractivity contribution in [2.75, 3.05) is 29.1 Å². The van der Waals surface area contributed by atoms with Crippen LogP contribution >= 0.6 is 11.8 Å². The van der Waals surface area contributed by atoms with Crippen LogP contribution < -0.4 is 15.5 Å². The third-order valence-corrected chi connectivity index (χ3v) is 6.56. The minimum atomic E-state index is -0.0651. The first kappa shape index (κ1) is 21.6. The fourth-order valence-electron chi connectivity index (χ4n) is 3.71. The first-order valence-electron chi connectivity index (χ1n) is 11.0. The zero-order valence-electron chi connectivity index (χ0n) is 17.8. The summed E-state index contributed by atoms with van der Waals surface area (Å²) < 4.78 is 0. The number of piperidine rings is 1. The van der Waals surface area contributed by atoms with E-state index in [1.807, 2.05) is 36.4 Å². The molecule has 0 radical (unpaired) electrons. The fourth-order valence-corrected chi connectivity index (χ4v) is 4.32. The molecule has 8 heteroatoms. The van der Waals surface area contributed by atoms with Gasteiger partial charge >= 0.3 is 0 Å². The molecule has 1 aliphatic carbocycles. The van der Waals surface area contributed by atoms with E-state index in [1.165, 1.54) is 17.3 Å². The van der Waals surface area contributed by atoms with E-state index in [9.17, 15) is 9.59 Å². The van der Waals surface area contributed by atoms with Gasteiger partial charge in [0.1, 0.15) is 5.03 Å². The van der Waals surface area contributed by atoms with Gasteiger partial charge in [-0.1, -0.05) is 30.8 Å². The molecule has 0 bridgehead atoms. The summed E-state index contributed by atoms with van der Waals surface area (Å²) in [6, 6.07) is 12.1. The number of hydrogen-bond donors (Lipinski definition) is 2. The Labute approximate surface area is 187 Å². The second-order valence-corrected chi connectivity index (χ2v) is 9.18. The number of nitrogens with one attached hydrogen (secondary N) is 2. The number of benzene rings is 1. The van der Waals surface area contributed by atoms with Crippen molar-refractivity contribution < 1.29 is 9.59 Å². The van der Waals surface area contributed by atoms with Crippen LogP contribution in [0, 0.1) is 5.92 Å². The highest BCUT2D eigenvalue weighted by Crippen LogP contribution is 2.25. The highest BCUT2D eigenvalue weighted by atomic mass is 32.2. The lowest BCUT2D eigenvalue weighted by Gasteiger charge is -2.32. The van der Waals surface area contributed by atoms with Crippen molar-refractivity contribution in [2.24, 2.45) is 5.92 Å². The van der Waals surface area contributed by atoms with Crippen LogP contribution in [0.15, 0.2) is 41.4 Å². The lowest BCUT2D eigenvalue weighted by Crippen LogP contribution is -2.44. The first-order valence-corrected chi connectivity index (χ1v) is 12.0. The molecule has 1 saturated carbocycles. The number of nitrogens with zero attached hydrogens (tertiary/aromatic N) is 3. The average Bonchev–Trinajstić information content (AvgIpc) is 3.62. The lowest BCUT2D eigenvalue weighted by atomic mass is 9.97. The largest absolute Gasteiger partial charge is 0.354 e. The molecule has 0 unspecified atom stereocenters. The van der Waals surface area contributed by atoms with Crippen LogP contribution in [-0.4, -0.2) is 46.9 Å². The monoisotopic (exact) mass is 439 g/mol. The molecule has 1 saturated heterocycles. The summed E-state index contributed by atoms with van der Waals surface area (Å²) in [7, 11) is 0. The molecule has 2 N–H and O–H groups in total. The van der Waals surface area contributed by atoms with Crippen LogP contribution in [0.3, 0.4) is 0 Å². The molecule has 1 aliphatic heterocycles. The van der Waals surface area contributed by atoms with Gasteiger partial charge in [0.05, 0.1) is 11.7 Å². The van der Waals surface area contributed by atoms with Gasteiger partial charge in [-0.05, 0) is 61.9 Å². The van der Waals surface area contributed by atoms with Gasteiger partial charge in [0.15, 0.2) is 5.82 Å². The Morgan fingerprint density at radius 2 is 2.03 bits per heavy atom. The molecule has 2 heterocycles. The first-order chi connectivity index (χ1) is 15.1. The molecule has 2 aromatic rings. The van der Waals surface area contributed by atoms with Crippen molar-refractivity contribution in [2.45, 2.75) is 50.1 Å². The van der Waals surface area contributed by atoms with E-state index in [2.05, 4.69) is 32.7 Å². The molecule has 2 fully saturated rings. The zero-order valence-corrected chi connectivity index (χ0v) is 18.7. The number of thioether (sulfide) groups is 1. The molecular formula is C23H29N5O2S. The Kier molecular flexibility index (Phi) is 7.06. The Bertz CT molecular complexity index is 916. The molecule has 4 rings (SSSR count). The van der Waals surface area contributed by atoms with Crippen LogP contribution in [0.4, 0.5) is 11.5 Å². The van der Waals surface area contributed by atoms with Crippen molar-refractivity contribution in [1.29, 1.82) is 0 Å². The van der Waals surface area contributed by atoms with E-state index < -0.39 is 0 Å². The van der Waals surface area contributed by atoms with Crippen molar-refractivity contribution in [3.63, 3.8) is 0 Å². The average molecular weight is 440 g/mol. The van der Waals surface area contributed by atoms with Crippen LogP contribution in [0.2, 0.25) is 0 Å². The predicted molar refractivity (Wildman–Crippen MR) is 123 cm³/mol. The van der Waals surface area contributed by atoms with E-state index in [1.54, 1.807) is 0 Å². The third-order valence-electron chi connectivity index (χ3n) is 5.64. The quantitative estimate of drug-likeness (QED) is 0.614. The summed E-state index contributed by atoms with van der Waals surface area (Å²) >= 11 is 1.36. The van der Waals surface area contributed by atoms with Gasteiger partial charge in [0.2, 0.25) is 11.8 Å². The summed E-state index contributed by atoms with van der Waals surface area (Å²) in [4.78, 5) is 26.8. The van der Waals surface area contributed by atoms with Gasteiger partial charge in [-0.3, -0.25) is 9.59 Å². The van der Waals surface area contributed by atoms with Crippen molar-refractivity contribution in [3.05, 3.63) is 42.0 Å². The van der Waals surface area contributed by atoms with Gasteiger partial charge in [-0.15, -0.1) is 10.2 Å². The molecule has 0 spiro atoms. The number of anilines is 2. The summed E-state index contributed by atoms with van der Waals surface area (Å²) in [5.41, 5.74) is 2.01. The number of carbonyl (C=O) groups excluding carboxylic acids is 2. The van der Waals surface area contributed by atoms with E-state index >= 15 is 0 Å². The topological polar surface area (TPSA) is 87.2 Å². The molecule has 1 atom stereocenters.